The van der Waals surface area contributed by atoms with E-state index in [0.717, 1.165) is 23.1 Å². The van der Waals surface area contributed by atoms with E-state index in [2.05, 4.69) is 26.6 Å². The smallest absolute Gasteiger partial charge is 0.255 e. The van der Waals surface area contributed by atoms with E-state index in [-0.39, 0.29) is 5.91 Å². The zero-order valence-corrected chi connectivity index (χ0v) is 13.2. The first kappa shape index (κ1) is 13.9. The van der Waals surface area contributed by atoms with Crippen LogP contribution in [-0.2, 0) is 6.42 Å². The molecule has 3 rings (SSSR count). The molecule has 0 saturated heterocycles. The van der Waals surface area contributed by atoms with Gasteiger partial charge in [0.2, 0.25) is 0 Å². The van der Waals surface area contributed by atoms with Crippen LogP contribution in [0.25, 0.3) is 0 Å². The number of hydrogen-bond acceptors (Lipinski definition) is 3. The number of methoxy groups -OCH3 is 1. The van der Waals surface area contributed by atoms with Gasteiger partial charge >= 0.3 is 0 Å². The molecule has 0 fully saturated rings. The van der Waals surface area contributed by atoms with Crippen LogP contribution in [0, 0.1) is 0 Å². The van der Waals surface area contributed by atoms with Gasteiger partial charge in [-0.25, -0.2) is 0 Å². The van der Waals surface area contributed by atoms with Gasteiger partial charge in [-0.3, -0.25) is 4.79 Å². The lowest BCUT2D eigenvalue weighted by Crippen LogP contribution is -2.12. The molecule has 4 nitrogen and oxygen atoms in total. The van der Waals surface area contributed by atoms with E-state index in [1.807, 2.05) is 30.3 Å². The summed E-state index contributed by atoms with van der Waals surface area (Å²) in [4.78, 5) is 12.3. The zero-order valence-electron chi connectivity index (χ0n) is 11.6. The third kappa shape index (κ3) is 2.88. The second kappa shape index (κ2) is 5.77. The number of carbonyl (C=O) groups is 1. The quantitative estimate of drug-likeness (QED) is 0.891. The summed E-state index contributed by atoms with van der Waals surface area (Å²) in [5.41, 5.74) is 3.69. The van der Waals surface area contributed by atoms with Crippen LogP contribution in [0.3, 0.4) is 0 Å². The molecule has 2 aromatic carbocycles. The first-order chi connectivity index (χ1) is 10.2. The number of nitrogens with one attached hydrogen (secondary N) is 2. The number of halogens is 1. The Morgan fingerprint density at radius 3 is 2.95 bits per heavy atom. The van der Waals surface area contributed by atoms with Gasteiger partial charge in [-0.15, -0.1) is 0 Å². The molecule has 0 aliphatic carbocycles. The summed E-state index contributed by atoms with van der Waals surface area (Å²) in [6, 6.07) is 11.2. The molecule has 0 spiro atoms. The summed E-state index contributed by atoms with van der Waals surface area (Å²) >= 11 is 3.39. The van der Waals surface area contributed by atoms with Crippen molar-refractivity contribution >= 4 is 33.2 Å². The second-order valence-electron chi connectivity index (χ2n) is 4.85. The average Bonchev–Trinajstić information content (AvgIpc) is 2.96. The molecule has 0 saturated carbocycles. The summed E-state index contributed by atoms with van der Waals surface area (Å²) in [6.45, 7) is 0.935. The summed E-state index contributed by atoms with van der Waals surface area (Å²) in [5.74, 6) is 0.569. The number of hydrogen-bond donors (Lipinski definition) is 2. The van der Waals surface area contributed by atoms with E-state index in [1.54, 1.807) is 13.2 Å². The number of amides is 1. The molecule has 108 valence electrons. The molecule has 1 heterocycles. The van der Waals surface area contributed by atoms with E-state index in [9.17, 15) is 4.79 Å². The molecule has 0 bridgehead atoms. The number of benzene rings is 2. The van der Waals surface area contributed by atoms with E-state index in [4.69, 9.17) is 4.74 Å². The Hall–Kier alpha value is -2.01. The molecule has 0 aromatic heterocycles. The van der Waals surface area contributed by atoms with Gasteiger partial charge in [-0.1, -0.05) is 0 Å². The van der Waals surface area contributed by atoms with E-state index in [0.29, 0.717) is 17.0 Å². The topological polar surface area (TPSA) is 50.4 Å². The van der Waals surface area contributed by atoms with E-state index < -0.39 is 0 Å². The van der Waals surface area contributed by atoms with Gasteiger partial charge in [0.1, 0.15) is 5.75 Å². The molecule has 0 unspecified atom stereocenters. The largest absolute Gasteiger partial charge is 0.495 e. The van der Waals surface area contributed by atoms with Crippen LogP contribution in [0.15, 0.2) is 40.9 Å². The molecule has 0 radical (unpaired) electrons. The first-order valence-corrected chi connectivity index (χ1v) is 7.48. The van der Waals surface area contributed by atoms with E-state index in [1.165, 1.54) is 5.56 Å². The lowest BCUT2D eigenvalue weighted by molar-refractivity contribution is 0.102. The fourth-order valence-electron chi connectivity index (χ4n) is 2.39. The molecular formula is C16H15BrN2O2. The maximum absolute atomic E-state index is 12.3. The number of rotatable bonds is 3. The Kier molecular flexibility index (Phi) is 3.84. The van der Waals surface area contributed by atoms with Gasteiger partial charge in [-0.2, -0.15) is 0 Å². The van der Waals surface area contributed by atoms with Crippen molar-refractivity contribution in [3.63, 3.8) is 0 Å². The summed E-state index contributed by atoms with van der Waals surface area (Å²) in [6.07, 6.45) is 0.961. The summed E-state index contributed by atoms with van der Waals surface area (Å²) in [5, 5.41) is 6.17. The summed E-state index contributed by atoms with van der Waals surface area (Å²) in [7, 11) is 1.60. The monoisotopic (exact) mass is 346 g/mol. The maximum Gasteiger partial charge on any atom is 0.255 e. The Morgan fingerprint density at radius 1 is 1.29 bits per heavy atom. The molecule has 21 heavy (non-hydrogen) atoms. The normalized spacial score (nSPS) is 12.5. The van der Waals surface area contributed by atoms with Crippen molar-refractivity contribution < 1.29 is 9.53 Å². The highest BCUT2D eigenvalue weighted by Crippen LogP contribution is 2.28. The molecule has 2 N–H and O–H groups in total. The van der Waals surface area contributed by atoms with Crippen LogP contribution in [0.1, 0.15) is 15.9 Å². The predicted molar refractivity (Wildman–Crippen MR) is 87.3 cm³/mol. The van der Waals surface area contributed by atoms with Crippen LogP contribution in [0.5, 0.6) is 5.75 Å². The van der Waals surface area contributed by atoms with Crippen molar-refractivity contribution in [1.82, 2.24) is 0 Å². The van der Waals surface area contributed by atoms with Crippen LogP contribution in [0.2, 0.25) is 0 Å². The Balaban J connectivity index is 1.80. The minimum atomic E-state index is -0.117. The third-order valence-electron chi connectivity index (χ3n) is 3.49. The fourth-order valence-corrected chi connectivity index (χ4v) is 2.80. The average molecular weight is 347 g/mol. The lowest BCUT2D eigenvalue weighted by Gasteiger charge is -2.09. The van der Waals surface area contributed by atoms with Crippen molar-refractivity contribution in [2.75, 3.05) is 24.3 Å². The Morgan fingerprint density at radius 2 is 2.14 bits per heavy atom. The van der Waals surface area contributed by atoms with Gasteiger partial charge in [0, 0.05) is 29.5 Å². The molecule has 2 aromatic rings. The molecule has 1 aliphatic heterocycles. The van der Waals surface area contributed by atoms with Crippen molar-refractivity contribution in [1.29, 1.82) is 0 Å². The van der Waals surface area contributed by atoms with Gasteiger partial charge in [0.25, 0.3) is 5.91 Å². The first-order valence-electron chi connectivity index (χ1n) is 6.69. The van der Waals surface area contributed by atoms with Gasteiger partial charge in [0.15, 0.2) is 0 Å². The van der Waals surface area contributed by atoms with Crippen LogP contribution >= 0.6 is 15.9 Å². The molecular weight excluding hydrogens is 332 g/mol. The number of anilines is 2. The number of ether oxygens (including phenoxy) is 1. The number of carbonyl (C=O) groups excluding carboxylic acids is 1. The number of fused-ring (bicyclic) bond motifs is 1. The SMILES string of the molecule is COc1cc(NC(=O)c2ccc3c(c2)CCN3)ccc1Br. The van der Waals surface area contributed by atoms with Gasteiger partial charge < -0.3 is 15.4 Å². The van der Waals surface area contributed by atoms with Crippen molar-refractivity contribution in [3.8, 4) is 5.75 Å². The van der Waals surface area contributed by atoms with Crippen molar-refractivity contribution in [2.45, 2.75) is 6.42 Å². The van der Waals surface area contributed by atoms with Gasteiger partial charge in [-0.05, 0) is 58.2 Å². The minimum absolute atomic E-state index is 0.117. The maximum atomic E-state index is 12.3. The van der Waals surface area contributed by atoms with Crippen LogP contribution in [-0.4, -0.2) is 19.6 Å². The Labute approximate surface area is 131 Å². The van der Waals surface area contributed by atoms with E-state index >= 15 is 0 Å². The van der Waals surface area contributed by atoms with Crippen molar-refractivity contribution in [2.24, 2.45) is 0 Å². The molecule has 5 heteroatoms. The standard InChI is InChI=1S/C16H15BrN2O2/c1-21-15-9-12(3-4-13(15)17)19-16(20)11-2-5-14-10(8-11)6-7-18-14/h2-5,8-9,18H,6-7H2,1H3,(H,19,20). The zero-order chi connectivity index (χ0) is 14.8. The summed E-state index contributed by atoms with van der Waals surface area (Å²) < 4.78 is 6.08. The highest BCUT2D eigenvalue weighted by molar-refractivity contribution is 9.10. The van der Waals surface area contributed by atoms with Crippen molar-refractivity contribution in [3.05, 3.63) is 52.0 Å². The third-order valence-corrected chi connectivity index (χ3v) is 4.14. The fraction of sp³-hybridized carbons (Fsp3) is 0.188. The lowest BCUT2D eigenvalue weighted by atomic mass is 10.1. The van der Waals surface area contributed by atoms with Crippen LogP contribution < -0.4 is 15.4 Å². The molecule has 0 atom stereocenters. The van der Waals surface area contributed by atoms with Gasteiger partial charge in [0.05, 0.1) is 11.6 Å². The Bertz CT molecular complexity index is 701. The highest BCUT2D eigenvalue weighted by atomic mass is 79.9. The minimum Gasteiger partial charge on any atom is -0.495 e. The highest BCUT2D eigenvalue weighted by Gasteiger charge is 2.14. The molecule has 1 aliphatic rings. The molecule has 1 amide bonds. The van der Waals surface area contributed by atoms with Crippen LogP contribution in [0.4, 0.5) is 11.4 Å². The second-order valence-corrected chi connectivity index (χ2v) is 5.71. The predicted octanol–water partition coefficient (Wildman–Crippen LogP) is 3.68.